The number of hydrazone groups is 1. The highest BCUT2D eigenvalue weighted by atomic mass is 16.2. The molecule has 0 saturated heterocycles. The monoisotopic (exact) mass is 267 g/mol. The van der Waals surface area contributed by atoms with Gasteiger partial charge in [0.1, 0.15) is 0 Å². The highest BCUT2D eigenvalue weighted by Crippen LogP contribution is 2.04. The van der Waals surface area contributed by atoms with Crippen molar-refractivity contribution in [1.29, 1.82) is 0 Å². The zero-order valence-corrected chi connectivity index (χ0v) is 10.6. The summed E-state index contributed by atoms with van der Waals surface area (Å²) in [5.74, 6) is -1.58. The minimum absolute atomic E-state index is 0.555. The lowest BCUT2D eigenvalue weighted by atomic mass is 10.2. The Labute approximate surface area is 116 Å². The van der Waals surface area contributed by atoms with E-state index >= 15 is 0 Å². The third kappa shape index (κ3) is 4.06. The fourth-order valence-corrected chi connectivity index (χ4v) is 1.46. The molecule has 0 aromatic heterocycles. The van der Waals surface area contributed by atoms with Gasteiger partial charge in [-0.15, -0.1) is 0 Å². The molecule has 2 aromatic rings. The summed E-state index contributed by atoms with van der Waals surface area (Å²) in [6.07, 6.45) is 1.47. The Morgan fingerprint density at radius 2 is 1.45 bits per heavy atom. The Bertz CT molecular complexity index is 610. The predicted octanol–water partition coefficient (Wildman–Crippen LogP) is 1.78. The molecule has 0 aliphatic heterocycles. The van der Waals surface area contributed by atoms with E-state index < -0.39 is 11.8 Å². The van der Waals surface area contributed by atoms with Crippen LogP contribution < -0.4 is 10.7 Å². The number of benzene rings is 2. The number of amides is 2. The van der Waals surface area contributed by atoms with Crippen molar-refractivity contribution in [3.63, 3.8) is 0 Å². The van der Waals surface area contributed by atoms with E-state index in [1.165, 1.54) is 6.21 Å². The second-order valence-corrected chi connectivity index (χ2v) is 3.93. The molecule has 0 radical (unpaired) electrons. The van der Waals surface area contributed by atoms with Gasteiger partial charge < -0.3 is 5.32 Å². The first-order valence-electron chi connectivity index (χ1n) is 6.00. The largest absolute Gasteiger partial charge is 0.329 e. The fraction of sp³-hybridized carbons (Fsp3) is 0. The molecule has 0 atom stereocenters. The lowest BCUT2D eigenvalue weighted by Gasteiger charge is -2.02. The lowest BCUT2D eigenvalue weighted by molar-refractivity contribution is -0.136. The first-order valence-corrected chi connectivity index (χ1v) is 6.00. The zero-order chi connectivity index (χ0) is 14.2. The number of anilines is 1. The number of hydrogen-bond acceptors (Lipinski definition) is 3. The summed E-state index contributed by atoms with van der Waals surface area (Å²) in [4.78, 5) is 23.1. The highest BCUT2D eigenvalue weighted by Gasteiger charge is 2.12. The molecule has 0 aliphatic rings. The van der Waals surface area contributed by atoms with Crippen LogP contribution in [0.5, 0.6) is 0 Å². The predicted molar refractivity (Wildman–Crippen MR) is 77.3 cm³/mol. The summed E-state index contributed by atoms with van der Waals surface area (Å²) >= 11 is 0. The quantitative estimate of drug-likeness (QED) is 0.505. The molecule has 2 N–H and O–H groups in total. The minimum Gasteiger partial charge on any atom is -0.318 e. The average molecular weight is 267 g/mol. The molecule has 2 amide bonds. The number of nitrogens with zero attached hydrogens (tertiary/aromatic N) is 1. The Morgan fingerprint density at radius 3 is 2.10 bits per heavy atom. The van der Waals surface area contributed by atoms with Crippen molar-refractivity contribution >= 4 is 23.7 Å². The van der Waals surface area contributed by atoms with Gasteiger partial charge in [-0.25, -0.2) is 5.43 Å². The van der Waals surface area contributed by atoms with Crippen molar-refractivity contribution in [1.82, 2.24) is 5.43 Å². The summed E-state index contributed by atoms with van der Waals surface area (Å²) in [7, 11) is 0. The van der Waals surface area contributed by atoms with E-state index in [4.69, 9.17) is 0 Å². The van der Waals surface area contributed by atoms with Crippen molar-refractivity contribution < 1.29 is 9.59 Å². The molecule has 0 spiro atoms. The molecular formula is C15H13N3O2. The van der Waals surface area contributed by atoms with Gasteiger partial charge in [-0.1, -0.05) is 48.5 Å². The molecule has 0 aliphatic carbocycles. The molecule has 0 fully saturated rings. The Balaban J connectivity index is 1.86. The van der Waals surface area contributed by atoms with Gasteiger partial charge in [0, 0.05) is 5.69 Å². The Morgan fingerprint density at radius 1 is 0.850 bits per heavy atom. The second kappa shape index (κ2) is 6.84. The summed E-state index contributed by atoms with van der Waals surface area (Å²) in [5, 5.41) is 6.18. The first-order chi connectivity index (χ1) is 9.75. The van der Waals surface area contributed by atoms with Gasteiger partial charge in [0.25, 0.3) is 0 Å². The molecule has 0 saturated carbocycles. The molecular weight excluding hydrogens is 254 g/mol. The average Bonchev–Trinajstić information content (AvgIpc) is 2.49. The molecule has 2 rings (SSSR count). The standard InChI is InChI=1S/C15H13N3O2/c19-14(17-13-9-5-2-6-10-13)15(20)18-16-11-12-7-3-1-4-8-12/h1-11H,(H,17,19)(H,18,20)/b16-11+. The summed E-state index contributed by atoms with van der Waals surface area (Å²) in [6, 6.07) is 18.0. The zero-order valence-electron chi connectivity index (χ0n) is 10.6. The van der Waals surface area contributed by atoms with Crippen molar-refractivity contribution in [3.05, 3.63) is 66.2 Å². The van der Waals surface area contributed by atoms with Crippen LogP contribution in [0.2, 0.25) is 0 Å². The van der Waals surface area contributed by atoms with Gasteiger partial charge in [-0.2, -0.15) is 5.10 Å². The van der Waals surface area contributed by atoms with E-state index in [2.05, 4.69) is 15.8 Å². The van der Waals surface area contributed by atoms with Gasteiger partial charge in [-0.05, 0) is 17.7 Å². The van der Waals surface area contributed by atoms with Crippen LogP contribution in [0.25, 0.3) is 0 Å². The topological polar surface area (TPSA) is 70.6 Å². The maximum atomic E-state index is 11.6. The third-order valence-electron chi connectivity index (χ3n) is 2.42. The molecule has 20 heavy (non-hydrogen) atoms. The molecule has 5 heteroatoms. The van der Waals surface area contributed by atoms with E-state index in [1.54, 1.807) is 24.3 Å². The van der Waals surface area contributed by atoms with E-state index in [0.29, 0.717) is 5.69 Å². The number of para-hydroxylation sites is 1. The van der Waals surface area contributed by atoms with Crippen molar-refractivity contribution in [2.45, 2.75) is 0 Å². The summed E-state index contributed by atoms with van der Waals surface area (Å²) in [6.45, 7) is 0. The van der Waals surface area contributed by atoms with Gasteiger partial charge in [-0.3, -0.25) is 9.59 Å². The maximum absolute atomic E-state index is 11.6. The van der Waals surface area contributed by atoms with Crippen LogP contribution in [-0.2, 0) is 9.59 Å². The van der Waals surface area contributed by atoms with Crippen LogP contribution in [0.1, 0.15) is 5.56 Å². The van der Waals surface area contributed by atoms with Crippen LogP contribution in [0.15, 0.2) is 65.8 Å². The molecule has 5 nitrogen and oxygen atoms in total. The SMILES string of the molecule is O=C(N/N=C/c1ccccc1)C(=O)Nc1ccccc1. The van der Waals surface area contributed by atoms with Crippen LogP contribution in [0.3, 0.4) is 0 Å². The highest BCUT2D eigenvalue weighted by molar-refractivity contribution is 6.39. The van der Waals surface area contributed by atoms with Crippen molar-refractivity contribution in [2.75, 3.05) is 5.32 Å². The van der Waals surface area contributed by atoms with E-state index in [-0.39, 0.29) is 0 Å². The lowest BCUT2D eigenvalue weighted by Crippen LogP contribution is -2.32. The minimum atomic E-state index is -0.818. The Kier molecular flexibility index (Phi) is 4.61. The molecule has 0 heterocycles. The summed E-state index contributed by atoms with van der Waals surface area (Å²) in [5.41, 5.74) is 3.55. The van der Waals surface area contributed by atoms with Crippen LogP contribution >= 0.6 is 0 Å². The molecule has 2 aromatic carbocycles. The van der Waals surface area contributed by atoms with Crippen molar-refractivity contribution in [3.8, 4) is 0 Å². The summed E-state index contributed by atoms with van der Waals surface area (Å²) < 4.78 is 0. The fourth-order valence-electron chi connectivity index (χ4n) is 1.46. The molecule has 0 bridgehead atoms. The van der Waals surface area contributed by atoms with E-state index in [0.717, 1.165) is 5.56 Å². The van der Waals surface area contributed by atoms with Crippen molar-refractivity contribution in [2.24, 2.45) is 5.10 Å². The smallest absolute Gasteiger partial charge is 0.318 e. The van der Waals surface area contributed by atoms with Gasteiger partial charge in [0.2, 0.25) is 0 Å². The Hall–Kier alpha value is -2.95. The third-order valence-corrected chi connectivity index (χ3v) is 2.42. The second-order valence-electron chi connectivity index (χ2n) is 3.93. The first kappa shape index (κ1) is 13.5. The van der Waals surface area contributed by atoms with Gasteiger partial charge >= 0.3 is 11.8 Å². The number of carbonyl (C=O) groups is 2. The normalized spacial score (nSPS) is 10.2. The van der Waals surface area contributed by atoms with E-state index in [9.17, 15) is 9.59 Å². The number of carbonyl (C=O) groups excluding carboxylic acids is 2. The van der Waals surface area contributed by atoms with Crippen LogP contribution in [-0.4, -0.2) is 18.0 Å². The van der Waals surface area contributed by atoms with E-state index in [1.807, 2.05) is 36.4 Å². The number of hydrogen-bond donors (Lipinski definition) is 2. The number of nitrogens with one attached hydrogen (secondary N) is 2. The van der Waals surface area contributed by atoms with Gasteiger partial charge in [0.05, 0.1) is 6.21 Å². The van der Waals surface area contributed by atoms with Crippen LogP contribution in [0, 0.1) is 0 Å². The molecule has 100 valence electrons. The number of rotatable bonds is 3. The van der Waals surface area contributed by atoms with Crippen LogP contribution in [0.4, 0.5) is 5.69 Å². The maximum Gasteiger partial charge on any atom is 0.329 e. The van der Waals surface area contributed by atoms with Gasteiger partial charge in [0.15, 0.2) is 0 Å². The molecule has 0 unspecified atom stereocenters.